The maximum Gasteiger partial charge on any atom is 0.159 e. The first-order valence-corrected chi connectivity index (χ1v) is 5.61. The highest BCUT2D eigenvalue weighted by Crippen LogP contribution is 2.30. The van der Waals surface area contributed by atoms with Gasteiger partial charge in [-0.15, -0.1) is 10.2 Å². The van der Waals surface area contributed by atoms with E-state index in [1.54, 1.807) is 0 Å². The van der Waals surface area contributed by atoms with E-state index in [0.717, 1.165) is 31.2 Å². The minimum atomic E-state index is 0.357. The topological polar surface area (TPSA) is 39.9 Å². The second kappa shape index (κ2) is 3.93. The van der Waals surface area contributed by atoms with Gasteiger partial charge in [-0.3, -0.25) is 0 Å². The van der Waals surface area contributed by atoms with Crippen LogP contribution in [0, 0.1) is 5.41 Å². The van der Waals surface area contributed by atoms with Crippen LogP contribution in [-0.4, -0.2) is 21.4 Å². The number of fused-ring (bicyclic) bond motifs is 1. The van der Waals surface area contributed by atoms with Crippen molar-refractivity contribution in [1.82, 2.24) is 14.8 Å². The molecule has 0 amide bonds. The predicted molar refractivity (Wildman–Crippen MR) is 57.5 cm³/mol. The van der Waals surface area contributed by atoms with Crippen molar-refractivity contribution in [1.29, 1.82) is 0 Å². The van der Waals surface area contributed by atoms with E-state index in [0.29, 0.717) is 12.0 Å². The van der Waals surface area contributed by atoms with Crippen LogP contribution in [0.4, 0.5) is 0 Å². The number of nitrogens with zero attached hydrogens (tertiary/aromatic N) is 3. The van der Waals surface area contributed by atoms with Crippen molar-refractivity contribution in [2.24, 2.45) is 5.41 Å². The Hall–Kier alpha value is -0.900. The van der Waals surface area contributed by atoms with Crippen LogP contribution in [0.25, 0.3) is 0 Å². The molecule has 0 fully saturated rings. The van der Waals surface area contributed by atoms with Gasteiger partial charge in [-0.2, -0.15) is 0 Å². The zero-order chi connectivity index (χ0) is 10.9. The molecule has 0 saturated carbocycles. The first-order valence-electron chi connectivity index (χ1n) is 5.61. The monoisotopic (exact) mass is 209 g/mol. The van der Waals surface area contributed by atoms with E-state index in [1.807, 2.05) is 6.92 Å². The van der Waals surface area contributed by atoms with Gasteiger partial charge in [0.1, 0.15) is 12.4 Å². The van der Waals surface area contributed by atoms with Crippen molar-refractivity contribution in [3.8, 4) is 0 Å². The highest BCUT2D eigenvalue weighted by molar-refractivity contribution is 5.01. The van der Waals surface area contributed by atoms with Crippen LogP contribution in [-0.2, 0) is 24.3 Å². The molecule has 0 radical (unpaired) electrons. The molecule has 0 aromatic carbocycles. The third-order valence-electron chi connectivity index (χ3n) is 2.95. The van der Waals surface area contributed by atoms with Gasteiger partial charge in [0.25, 0.3) is 0 Å². The van der Waals surface area contributed by atoms with Gasteiger partial charge in [-0.1, -0.05) is 13.8 Å². The number of hydrogen-bond acceptors (Lipinski definition) is 3. The largest absolute Gasteiger partial charge is 0.374 e. The van der Waals surface area contributed by atoms with Gasteiger partial charge < -0.3 is 9.30 Å². The maximum atomic E-state index is 5.39. The molecule has 0 saturated heterocycles. The zero-order valence-electron chi connectivity index (χ0n) is 9.79. The molecule has 0 spiro atoms. The number of aromatic nitrogens is 3. The molecule has 2 heterocycles. The number of aryl methyl sites for hydroxylation is 1. The van der Waals surface area contributed by atoms with Crippen molar-refractivity contribution in [2.75, 3.05) is 6.61 Å². The summed E-state index contributed by atoms with van der Waals surface area (Å²) in [5, 5.41) is 8.40. The van der Waals surface area contributed by atoms with Crippen LogP contribution in [0.15, 0.2) is 0 Å². The van der Waals surface area contributed by atoms with Crippen LogP contribution in [0.2, 0.25) is 0 Å². The van der Waals surface area contributed by atoms with E-state index in [4.69, 9.17) is 4.74 Å². The third-order valence-corrected chi connectivity index (χ3v) is 2.95. The van der Waals surface area contributed by atoms with Gasteiger partial charge in [0, 0.05) is 19.6 Å². The van der Waals surface area contributed by atoms with Crippen molar-refractivity contribution >= 4 is 0 Å². The predicted octanol–water partition coefficient (Wildman–Crippen LogP) is 1.79. The quantitative estimate of drug-likeness (QED) is 0.762. The van der Waals surface area contributed by atoms with Crippen LogP contribution in [0.1, 0.15) is 38.8 Å². The number of rotatable bonds is 3. The average Bonchev–Trinajstić information content (AvgIpc) is 2.56. The third kappa shape index (κ3) is 2.20. The molecule has 1 aliphatic heterocycles. The molecule has 0 bridgehead atoms. The van der Waals surface area contributed by atoms with Crippen molar-refractivity contribution in [2.45, 2.75) is 46.8 Å². The summed E-state index contributed by atoms with van der Waals surface area (Å²) < 4.78 is 7.61. The Balaban J connectivity index is 2.18. The van der Waals surface area contributed by atoms with Crippen LogP contribution in [0.5, 0.6) is 0 Å². The van der Waals surface area contributed by atoms with Crippen LogP contribution in [0.3, 0.4) is 0 Å². The highest BCUT2D eigenvalue weighted by Gasteiger charge is 2.28. The SMILES string of the molecule is CCOCc1nnc2n1CC(C)(C)CC2. The fourth-order valence-electron chi connectivity index (χ4n) is 2.00. The molecule has 1 aromatic rings. The first kappa shape index (κ1) is 10.6. The van der Waals surface area contributed by atoms with Gasteiger partial charge in [-0.25, -0.2) is 0 Å². The molecule has 0 N–H and O–H groups in total. The molecule has 1 aromatic heterocycles. The van der Waals surface area contributed by atoms with E-state index in [2.05, 4.69) is 28.6 Å². The molecule has 84 valence electrons. The minimum absolute atomic E-state index is 0.357. The Bertz CT molecular complexity index is 344. The van der Waals surface area contributed by atoms with Crippen LogP contribution >= 0.6 is 0 Å². The Morgan fingerprint density at radius 3 is 2.93 bits per heavy atom. The number of ether oxygens (including phenoxy) is 1. The van der Waals surface area contributed by atoms with Gasteiger partial charge in [-0.05, 0) is 18.8 Å². The van der Waals surface area contributed by atoms with Crippen molar-refractivity contribution < 1.29 is 4.74 Å². The molecule has 4 nitrogen and oxygen atoms in total. The normalized spacial score (nSPS) is 18.9. The van der Waals surface area contributed by atoms with Gasteiger partial charge in [0.05, 0.1) is 0 Å². The van der Waals surface area contributed by atoms with Gasteiger partial charge in [0.15, 0.2) is 5.82 Å². The van der Waals surface area contributed by atoms with Crippen LogP contribution < -0.4 is 0 Å². The zero-order valence-corrected chi connectivity index (χ0v) is 9.79. The maximum absolute atomic E-state index is 5.39. The summed E-state index contributed by atoms with van der Waals surface area (Å²) in [6.07, 6.45) is 2.23. The van der Waals surface area contributed by atoms with E-state index < -0.39 is 0 Å². The Kier molecular flexibility index (Phi) is 2.78. The summed E-state index contributed by atoms with van der Waals surface area (Å²) in [7, 11) is 0. The smallest absolute Gasteiger partial charge is 0.159 e. The van der Waals surface area contributed by atoms with E-state index >= 15 is 0 Å². The average molecular weight is 209 g/mol. The molecular weight excluding hydrogens is 190 g/mol. The summed E-state index contributed by atoms with van der Waals surface area (Å²) >= 11 is 0. The summed E-state index contributed by atoms with van der Waals surface area (Å²) in [5.74, 6) is 2.09. The fourth-order valence-corrected chi connectivity index (χ4v) is 2.00. The molecule has 0 atom stereocenters. The lowest BCUT2D eigenvalue weighted by Gasteiger charge is -2.30. The lowest BCUT2D eigenvalue weighted by Crippen LogP contribution is -2.28. The Labute approximate surface area is 90.7 Å². The molecule has 0 aliphatic carbocycles. The molecular formula is C11H19N3O. The van der Waals surface area contributed by atoms with Crippen molar-refractivity contribution in [3.05, 3.63) is 11.6 Å². The minimum Gasteiger partial charge on any atom is -0.374 e. The summed E-state index contributed by atoms with van der Waals surface area (Å²) in [4.78, 5) is 0. The van der Waals surface area contributed by atoms with E-state index in [-0.39, 0.29) is 0 Å². The summed E-state index contributed by atoms with van der Waals surface area (Å²) in [6.45, 7) is 8.90. The van der Waals surface area contributed by atoms with E-state index in [1.165, 1.54) is 6.42 Å². The fraction of sp³-hybridized carbons (Fsp3) is 0.818. The van der Waals surface area contributed by atoms with Gasteiger partial charge in [0.2, 0.25) is 0 Å². The lowest BCUT2D eigenvalue weighted by molar-refractivity contribution is 0.121. The summed E-state index contributed by atoms with van der Waals surface area (Å²) in [5.41, 5.74) is 0.357. The molecule has 1 aliphatic rings. The molecule has 4 heteroatoms. The number of hydrogen-bond donors (Lipinski definition) is 0. The Morgan fingerprint density at radius 2 is 2.20 bits per heavy atom. The molecule has 2 rings (SSSR count). The van der Waals surface area contributed by atoms with Crippen molar-refractivity contribution in [3.63, 3.8) is 0 Å². The lowest BCUT2D eigenvalue weighted by atomic mass is 9.85. The highest BCUT2D eigenvalue weighted by atomic mass is 16.5. The Morgan fingerprint density at radius 1 is 1.40 bits per heavy atom. The van der Waals surface area contributed by atoms with E-state index in [9.17, 15) is 0 Å². The second-order valence-corrected chi connectivity index (χ2v) is 4.92. The second-order valence-electron chi connectivity index (χ2n) is 4.92. The van der Waals surface area contributed by atoms with Gasteiger partial charge >= 0.3 is 0 Å². The standard InChI is InChI=1S/C11H19N3O/c1-4-15-7-10-13-12-9-5-6-11(2,3)8-14(9)10/h4-8H2,1-3H3. The summed E-state index contributed by atoms with van der Waals surface area (Å²) in [6, 6.07) is 0. The molecule has 0 unspecified atom stereocenters. The first-order chi connectivity index (χ1) is 7.12. The molecule has 15 heavy (non-hydrogen) atoms.